The molecule has 1 aromatic rings. The maximum absolute atomic E-state index is 12.4. The molecule has 130 valence electrons. The summed E-state index contributed by atoms with van der Waals surface area (Å²) in [7, 11) is 0. The molecule has 0 bridgehead atoms. The molecule has 2 nitrogen and oxygen atoms in total. The van der Waals surface area contributed by atoms with Gasteiger partial charge in [0.2, 0.25) is 0 Å². The molecule has 0 spiro atoms. The van der Waals surface area contributed by atoms with Gasteiger partial charge in [-0.25, -0.2) is 0 Å². The van der Waals surface area contributed by atoms with Crippen LogP contribution in [0.2, 0.25) is 0 Å². The van der Waals surface area contributed by atoms with E-state index in [0.29, 0.717) is 18.4 Å². The first-order valence-corrected chi connectivity index (χ1v) is 9.21. The quantitative estimate of drug-likeness (QED) is 0.364. The van der Waals surface area contributed by atoms with E-state index in [-0.39, 0.29) is 12.4 Å². The smallest absolute Gasteiger partial charge is 0.188 e. The van der Waals surface area contributed by atoms with Crippen molar-refractivity contribution < 1.29 is 9.53 Å². The Morgan fingerprint density at radius 2 is 1.48 bits per heavy atom. The van der Waals surface area contributed by atoms with Gasteiger partial charge in [-0.3, -0.25) is 4.79 Å². The van der Waals surface area contributed by atoms with Gasteiger partial charge in [-0.2, -0.15) is 0 Å². The van der Waals surface area contributed by atoms with Crippen LogP contribution in [-0.4, -0.2) is 19.0 Å². The molecule has 0 aliphatic heterocycles. The Bertz CT molecular complexity index is 448. The molecular weight excluding hydrogens is 284 g/mol. The number of carbonyl (C=O) groups is 1. The van der Waals surface area contributed by atoms with Crippen molar-refractivity contribution in [3.05, 3.63) is 34.9 Å². The van der Waals surface area contributed by atoms with Crippen molar-refractivity contribution >= 4 is 5.78 Å². The third kappa shape index (κ3) is 7.30. The monoisotopic (exact) mass is 318 g/mol. The lowest BCUT2D eigenvalue weighted by atomic mass is 9.92. The van der Waals surface area contributed by atoms with Crippen LogP contribution < -0.4 is 0 Å². The van der Waals surface area contributed by atoms with E-state index in [1.165, 1.54) is 36.8 Å². The van der Waals surface area contributed by atoms with Crippen molar-refractivity contribution in [3.63, 3.8) is 0 Å². The molecule has 23 heavy (non-hydrogen) atoms. The highest BCUT2D eigenvalue weighted by Gasteiger charge is 2.12. The van der Waals surface area contributed by atoms with Crippen LogP contribution in [-0.2, 0) is 4.74 Å². The predicted molar refractivity (Wildman–Crippen MR) is 98.5 cm³/mol. The number of hydrogen-bond donors (Lipinski definition) is 0. The van der Waals surface area contributed by atoms with Crippen LogP contribution in [0.1, 0.15) is 100 Å². The summed E-state index contributed by atoms with van der Waals surface area (Å²) in [6.45, 7) is 11.8. The number of rotatable bonds is 11. The van der Waals surface area contributed by atoms with Crippen LogP contribution in [0.25, 0.3) is 0 Å². The Hall–Kier alpha value is -1.15. The molecule has 0 heterocycles. The maximum Gasteiger partial charge on any atom is 0.188 e. The fourth-order valence-corrected chi connectivity index (χ4v) is 2.56. The van der Waals surface area contributed by atoms with Crippen LogP contribution in [0.4, 0.5) is 0 Å². The lowest BCUT2D eigenvalue weighted by molar-refractivity contribution is 0.0752. The highest BCUT2D eigenvalue weighted by molar-refractivity contribution is 5.97. The Balaban J connectivity index is 2.55. The summed E-state index contributed by atoms with van der Waals surface area (Å²) in [5, 5.41) is 0. The van der Waals surface area contributed by atoms with Crippen LogP contribution in [0.3, 0.4) is 0 Å². The second kappa shape index (κ2) is 10.6. The fourth-order valence-electron chi connectivity index (χ4n) is 2.56. The summed E-state index contributed by atoms with van der Waals surface area (Å²) in [6, 6.07) is 6.29. The average molecular weight is 319 g/mol. The first-order chi connectivity index (χ1) is 11.0. The second-order valence-corrected chi connectivity index (χ2v) is 7.09. The minimum absolute atomic E-state index is 0.1000. The van der Waals surface area contributed by atoms with Gasteiger partial charge in [-0.05, 0) is 41.5 Å². The van der Waals surface area contributed by atoms with E-state index in [0.717, 1.165) is 12.0 Å². The molecule has 0 radical (unpaired) electrons. The van der Waals surface area contributed by atoms with Crippen molar-refractivity contribution in [2.24, 2.45) is 0 Å². The molecule has 0 N–H and O–H groups in total. The van der Waals surface area contributed by atoms with Gasteiger partial charge in [0.25, 0.3) is 0 Å². The van der Waals surface area contributed by atoms with E-state index < -0.39 is 0 Å². The summed E-state index contributed by atoms with van der Waals surface area (Å²) in [5.41, 5.74) is 3.27. The molecule has 1 rings (SSSR count). The first-order valence-electron chi connectivity index (χ1n) is 9.21. The summed E-state index contributed by atoms with van der Waals surface area (Å²) >= 11 is 0. The number of carbonyl (C=O) groups excluding carboxylic acids is 1. The molecule has 0 amide bonds. The number of Topliss-reactive ketones (excluding diaryl/α,β-unsaturated/α-hetero) is 1. The molecule has 0 saturated heterocycles. The van der Waals surface area contributed by atoms with E-state index in [1.54, 1.807) is 0 Å². The molecule has 1 aromatic carbocycles. The Labute approximate surface area is 142 Å². The Morgan fingerprint density at radius 1 is 0.913 bits per heavy atom. The van der Waals surface area contributed by atoms with Crippen molar-refractivity contribution in [1.29, 1.82) is 0 Å². The summed E-state index contributed by atoms with van der Waals surface area (Å²) in [4.78, 5) is 12.4. The van der Waals surface area contributed by atoms with Gasteiger partial charge in [0, 0.05) is 12.2 Å². The highest BCUT2D eigenvalue weighted by atomic mass is 16.5. The standard InChI is InChI=1S/C21H34O2/c1-6-7-8-9-10-11-23-15-21(22)20-13-18(16(2)3)12-19(14-20)17(4)5/h12-14,16-17H,6-11,15H2,1-5H3. The van der Waals surface area contributed by atoms with Crippen LogP contribution in [0, 0.1) is 0 Å². The zero-order valence-electron chi connectivity index (χ0n) is 15.7. The van der Waals surface area contributed by atoms with E-state index in [9.17, 15) is 4.79 Å². The number of unbranched alkanes of at least 4 members (excludes halogenated alkanes) is 4. The first kappa shape index (κ1) is 19.9. The van der Waals surface area contributed by atoms with Crippen LogP contribution in [0.5, 0.6) is 0 Å². The highest BCUT2D eigenvalue weighted by Crippen LogP contribution is 2.23. The lowest BCUT2D eigenvalue weighted by Gasteiger charge is -2.14. The number of ketones is 1. The minimum Gasteiger partial charge on any atom is -0.373 e. The van der Waals surface area contributed by atoms with Gasteiger partial charge in [-0.15, -0.1) is 0 Å². The molecule has 0 saturated carbocycles. The van der Waals surface area contributed by atoms with Crippen molar-refractivity contribution in [3.8, 4) is 0 Å². The van der Waals surface area contributed by atoms with Crippen LogP contribution in [0.15, 0.2) is 18.2 Å². The van der Waals surface area contributed by atoms with Gasteiger partial charge in [0.15, 0.2) is 5.78 Å². The molecule has 0 aliphatic carbocycles. The normalized spacial score (nSPS) is 11.4. The summed E-state index contributed by atoms with van der Waals surface area (Å²) in [5.74, 6) is 0.961. The molecule has 0 aliphatic rings. The molecule has 0 atom stereocenters. The fraction of sp³-hybridized carbons (Fsp3) is 0.667. The van der Waals surface area contributed by atoms with E-state index in [2.05, 4.69) is 40.7 Å². The van der Waals surface area contributed by atoms with Gasteiger partial charge >= 0.3 is 0 Å². The van der Waals surface area contributed by atoms with E-state index >= 15 is 0 Å². The van der Waals surface area contributed by atoms with Gasteiger partial charge in [0.1, 0.15) is 6.61 Å². The van der Waals surface area contributed by atoms with Crippen molar-refractivity contribution in [2.75, 3.05) is 13.2 Å². The number of hydrogen-bond acceptors (Lipinski definition) is 2. The summed E-state index contributed by atoms with van der Waals surface area (Å²) in [6.07, 6.45) is 6.06. The third-order valence-corrected chi connectivity index (χ3v) is 4.26. The Kier molecular flexibility index (Phi) is 9.16. The number of benzene rings is 1. The van der Waals surface area contributed by atoms with Gasteiger partial charge < -0.3 is 4.74 Å². The zero-order chi connectivity index (χ0) is 17.2. The zero-order valence-corrected chi connectivity index (χ0v) is 15.7. The van der Waals surface area contributed by atoms with Crippen molar-refractivity contribution in [1.82, 2.24) is 0 Å². The topological polar surface area (TPSA) is 26.3 Å². The second-order valence-electron chi connectivity index (χ2n) is 7.09. The number of ether oxygens (including phenoxy) is 1. The molecule has 0 fully saturated rings. The predicted octanol–water partition coefficient (Wildman–Crippen LogP) is 6.10. The maximum atomic E-state index is 12.4. The summed E-state index contributed by atoms with van der Waals surface area (Å²) < 4.78 is 5.58. The minimum atomic E-state index is 0.1000. The van der Waals surface area contributed by atoms with E-state index in [1.807, 2.05) is 12.1 Å². The average Bonchev–Trinajstić information content (AvgIpc) is 2.53. The Morgan fingerprint density at radius 3 is 2.00 bits per heavy atom. The third-order valence-electron chi connectivity index (χ3n) is 4.26. The molecular formula is C21H34O2. The lowest BCUT2D eigenvalue weighted by Crippen LogP contribution is -2.11. The van der Waals surface area contributed by atoms with E-state index in [4.69, 9.17) is 4.74 Å². The molecule has 2 heteroatoms. The van der Waals surface area contributed by atoms with Gasteiger partial charge in [0.05, 0.1) is 0 Å². The van der Waals surface area contributed by atoms with Crippen molar-refractivity contribution in [2.45, 2.75) is 78.6 Å². The molecule has 0 aromatic heterocycles. The largest absolute Gasteiger partial charge is 0.373 e. The molecule has 0 unspecified atom stereocenters. The van der Waals surface area contributed by atoms with Crippen LogP contribution >= 0.6 is 0 Å². The van der Waals surface area contributed by atoms with Gasteiger partial charge in [-0.1, -0.05) is 66.4 Å². The SMILES string of the molecule is CCCCCCCOCC(=O)c1cc(C(C)C)cc(C(C)C)c1.